The predicted molar refractivity (Wildman–Crippen MR) is 71.9 cm³/mol. The topological polar surface area (TPSA) is 95.1 Å². The molecule has 7 heteroatoms. The highest BCUT2D eigenvalue weighted by Gasteiger charge is 2.24. The number of amides is 1. The number of fused-ring (bicyclic) bond motifs is 1. The molecule has 2 heterocycles. The Labute approximate surface area is 114 Å². The standard InChI is InChI=1S/C13H11N5O2/c1-18-12-3-2-8(4-9(12)5-13(18)19)11-6-10(20-16-11)7-15-17-14/h2-4,6H,5,7H2,1H3. The summed E-state index contributed by atoms with van der Waals surface area (Å²) in [5.41, 5.74) is 11.7. The summed E-state index contributed by atoms with van der Waals surface area (Å²) in [6.07, 6.45) is 0.406. The molecule has 20 heavy (non-hydrogen) atoms. The first-order chi connectivity index (χ1) is 9.69. The van der Waals surface area contributed by atoms with Crippen LogP contribution in [0.3, 0.4) is 0 Å². The van der Waals surface area contributed by atoms with Gasteiger partial charge in [0.15, 0.2) is 0 Å². The number of likely N-dealkylation sites (N-methyl/N-ethyl adjacent to an activating group) is 1. The van der Waals surface area contributed by atoms with Crippen LogP contribution >= 0.6 is 0 Å². The van der Waals surface area contributed by atoms with Crippen molar-refractivity contribution < 1.29 is 9.32 Å². The molecule has 0 spiro atoms. The summed E-state index contributed by atoms with van der Waals surface area (Å²) >= 11 is 0. The number of carbonyl (C=O) groups is 1. The second kappa shape index (κ2) is 4.71. The molecule has 1 aromatic carbocycles. The molecule has 100 valence electrons. The van der Waals surface area contributed by atoms with Gasteiger partial charge in [-0.05, 0) is 23.2 Å². The highest BCUT2D eigenvalue weighted by molar-refractivity contribution is 6.01. The fourth-order valence-corrected chi connectivity index (χ4v) is 2.25. The number of rotatable bonds is 3. The van der Waals surface area contributed by atoms with Crippen LogP contribution < -0.4 is 4.90 Å². The van der Waals surface area contributed by atoms with Gasteiger partial charge in [-0.2, -0.15) is 0 Å². The van der Waals surface area contributed by atoms with Crippen LogP contribution in [0.25, 0.3) is 21.7 Å². The van der Waals surface area contributed by atoms with Crippen LogP contribution in [0.1, 0.15) is 11.3 Å². The largest absolute Gasteiger partial charge is 0.361 e. The monoisotopic (exact) mass is 269 g/mol. The van der Waals surface area contributed by atoms with Crippen LogP contribution in [0, 0.1) is 0 Å². The molecule has 0 aliphatic carbocycles. The Balaban J connectivity index is 1.92. The average Bonchev–Trinajstić information content (AvgIpc) is 3.02. The molecule has 0 fully saturated rings. The third-order valence-electron chi connectivity index (χ3n) is 3.30. The summed E-state index contributed by atoms with van der Waals surface area (Å²) in [5, 5.41) is 7.37. The van der Waals surface area contributed by atoms with Gasteiger partial charge in [-0.15, -0.1) is 0 Å². The Hall–Kier alpha value is -2.79. The molecule has 0 saturated carbocycles. The number of azide groups is 1. The summed E-state index contributed by atoms with van der Waals surface area (Å²) < 4.78 is 5.09. The van der Waals surface area contributed by atoms with E-state index in [4.69, 9.17) is 10.1 Å². The highest BCUT2D eigenvalue weighted by Crippen LogP contribution is 2.31. The summed E-state index contributed by atoms with van der Waals surface area (Å²) in [4.78, 5) is 16.0. The molecule has 1 amide bonds. The Morgan fingerprint density at radius 2 is 2.35 bits per heavy atom. The number of hydrogen-bond donors (Lipinski definition) is 0. The quantitative estimate of drug-likeness (QED) is 0.486. The lowest BCUT2D eigenvalue weighted by Gasteiger charge is -2.09. The number of benzene rings is 1. The van der Waals surface area contributed by atoms with E-state index < -0.39 is 0 Å². The molecule has 1 aromatic heterocycles. The number of nitrogens with zero attached hydrogens (tertiary/aromatic N) is 5. The van der Waals surface area contributed by atoms with Crippen LogP contribution in [0.5, 0.6) is 0 Å². The van der Waals surface area contributed by atoms with E-state index >= 15 is 0 Å². The molecular weight excluding hydrogens is 258 g/mol. The molecule has 2 aromatic rings. The summed E-state index contributed by atoms with van der Waals surface area (Å²) in [6, 6.07) is 7.46. The molecule has 1 aliphatic rings. The van der Waals surface area contributed by atoms with Crippen LogP contribution in [0.2, 0.25) is 0 Å². The van der Waals surface area contributed by atoms with Crippen molar-refractivity contribution in [2.75, 3.05) is 11.9 Å². The van der Waals surface area contributed by atoms with Crippen molar-refractivity contribution >= 4 is 11.6 Å². The lowest BCUT2D eigenvalue weighted by Crippen LogP contribution is -2.20. The van der Waals surface area contributed by atoms with Gasteiger partial charge >= 0.3 is 0 Å². The number of anilines is 1. The van der Waals surface area contributed by atoms with Crippen LogP contribution in [0.15, 0.2) is 33.9 Å². The van der Waals surface area contributed by atoms with Crippen molar-refractivity contribution in [3.8, 4) is 11.3 Å². The molecule has 7 nitrogen and oxygen atoms in total. The first kappa shape index (κ1) is 12.3. The first-order valence-corrected chi connectivity index (χ1v) is 6.05. The summed E-state index contributed by atoms with van der Waals surface area (Å²) in [5.74, 6) is 0.591. The van der Waals surface area contributed by atoms with Crippen molar-refractivity contribution in [1.29, 1.82) is 0 Å². The van der Waals surface area contributed by atoms with Gasteiger partial charge in [-0.3, -0.25) is 4.79 Å². The molecule has 0 unspecified atom stereocenters. The van der Waals surface area contributed by atoms with Gasteiger partial charge in [0.2, 0.25) is 5.91 Å². The number of carbonyl (C=O) groups excluding carboxylic acids is 1. The summed E-state index contributed by atoms with van der Waals surface area (Å²) in [6.45, 7) is 0.135. The Bertz CT molecular complexity index is 730. The van der Waals surface area contributed by atoms with Gasteiger partial charge in [0, 0.05) is 29.3 Å². The van der Waals surface area contributed by atoms with Crippen molar-refractivity contribution in [2.45, 2.75) is 13.0 Å². The van der Waals surface area contributed by atoms with E-state index in [2.05, 4.69) is 15.2 Å². The maximum absolute atomic E-state index is 11.6. The second-order valence-electron chi connectivity index (χ2n) is 4.54. The Morgan fingerprint density at radius 1 is 1.50 bits per heavy atom. The van der Waals surface area contributed by atoms with E-state index in [9.17, 15) is 4.79 Å². The van der Waals surface area contributed by atoms with Crippen LogP contribution in [-0.4, -0.2) is 18.1 Å². The van der Waals surface area contributed by atoms with Gasteiger partial charge in [0.05, 0.1) is 13.0 Å². The van der Waals surface area contributed by atoms with Crippen molar-refractivity contribution in [3.63, 3.8) is 0 Å². The van der Waals surface area contributed by atoms with Gasteiger partial charge in [0.1, 0.15) is 11.5 Å². The zero-order chi connectivity index (χ0) is 14.1. The molecule has 0 N–H and O–H groups in total. The van der Waals surface area contributed by atoms with E-state index in [0.717, 1.165) is 16.8 Å². The van der Waals surface area contributed by atoms with E-state index in [-0.39, 0.29) is 12.5 Å². The van der Waals surface area contributed by atoms with E-state index in [1.807, 2.05) is 18.2 Å². The minimum atomic E-state index is 0.0846. The average molecular weight is 269 g/mol. The smallest absolute Gasteiger partial charge is 0.231 e. The SMILES string of the molecule is CN1C(=O)Cc2cc(-c3cc(CN=[N+]=[N-])on3)ccc21. The maximum atomic E-state index is 11.6. The van der Waals surface area contributed by atoms with Gasteiger partial charge in [0.25, 0.3) is 0 Å². The molecule has 0 radical (unpaired) electrons. The minimum Gasteiger partial charge on any atom is -0.361 e. The fourth-order valence-electron chi connectivity index (χ4n) is 2.25. The zero-order valence-corrected chi connectivity index (χ0v) is 10.8. The lowest BCUT2D eigenvalue weighted by atomic mass is 10.1. The second-order valence-corrected chi connectivity index (χ2v) is 4.54. The minimum absolute atomic E-state index is 0.0846. The molecule has 0 bridgehead atoms. The van der Waals surface area contributed by atoms with Gasteiger partial charge < -0.3 is 9.42 Å². The predicted octanol–water partition coefficient (Wildman–Crippen LogP) is 2.67. The molecule has 1 aliphatic heterocycles. The van der Waals surface area contributed by atoms with Gasteiger partial charge in [-0.25, -0.2) is 0 Å². The van der Waals surface area contributed by atoms with Crippen LogP contribution in [0.4, 0.5) is 5.69 Å². The molecule has 0 atom stereocenters. The van der Waals surface area contributed by atoms with E-state index in [0.29, 0.717) is 17.9 Å². The van der Waals surface area contributed by atoms with E-state index in [1.165, 1.54) is 0 Å². The van der Waals surface area contributed by atoms with Crippen molar-refractivity contribution in [3.05, 3.63) is 46.0 Å². The zero-order valence-electron chi connectivity index (χ0n) is 10.8. The number of hydrogen-bond acceptors (Lipinski definition) is 4. The normalized spacial score (nSPS) is 13.2. The lowest BCUT2D eigenvalue weighted by molar-refractivity contribution is -0.117. The third-order valence-corrected chi connectivity index (χ3v) is 3.30. The van der Waals surface area contributed by atoms with Crippen molar-refractivity contribution in [1.82, 2.24) is 5.16 Å². The molecule has 3 rings (SSSR count). The third kappa shape index (κ3) is 2.00. The van der Waals surface area contributed by atoms with Crippen LogP contribution in [-0.2, 0) is 17.8 Å². The number of aromatic nitrogens is 1. The summed E-state index contributed by atoms with van der Waals surface area (Å²) in [7, 11) is 1.77. The van der Waals surface area contributed by atoms with Crippen molar-refractivity contribution in [2.24, 2.45) is 5.11 Å². The Kier molecular flexibility index (Phi) is 2.89. The fraction of sp³-hybridized carbons (Fsp3) is 0.231. The molecular formula is C13H11N5O2. The first-order valence-electron chi connectivity index (χ1n) is 6.05. The van der Waals surface area contributed by atoms with E-state index in [1.54, 1.807) is 18.0 Å². The maximum Gasteiger partial charge on any atom is 0.231 e. The highest BCUT2D eigenvalue weighted by atomic mass is 16.5. The Morgan fingerprint density at radius 3 is 3.15 bits per heavy atom. The van der Waals surface area contributed by atoms with Gasteiger partial charge in [-0.1, -0.05) is 16.3 Å². The molecule has 0 saturated heterocycles.